The van der Waals surface area contributed by atoms with Crippen LogP contribution in [-0.2, 0) is 12.8 Å². The third-order valence-corrected chi connectivity index (χ3v) is 22.3. The molecule has 0 atom stereocenters. The smallest absolute Gasteiger partial charge is 0.114 e. The Kier molecular flexibility index (Phi) is 15.8. The van der Waals surface area contributed by atoms with Gasteiger partial charge in [0.25, 0.3) is 0 Å². The zero-order chi connectivity index (χ0) is 71.8. The van der Waals surface area contributed by atoms with Crippen molar-refractivity contribution in [2.45, 2.75) is 26.7 Å². The van der Waals surface area contributed by atoms with E-state index < -0.39 is 0 Å². The number of rotatable bonds is 14. The van der Waals surface area contributed by atoms with Crippen LogP contribution in [0.3, 0.4) is 0 Å². The van der Waals surface area contributed by atoms with Crippen LogP contribution in [0.5, 0.6) is 0 Å². The van der Waals surface area contributed by atoms with Crippen molar-refractivity contribution in [1.82, 2.24) is 19.1 Å². The van der Waals surface area contributed by atoms with Crippen molar-refractivity contribution in [3.63, 3.8) is 0 Å². The second-order valence-corrected chi connectivity index (χ2v) is 28.4. The van der Waals surface area contributed by atoms with Gasteiger partial charge in [-0.25, -0.2) is 9.97 Å². The van der Waals surface area contributed by atoms with E-state index in [9.17, 15) is 0 Å². The Bertz CT molecular complexity index is 6860. The highest BCUT2D eigenvalue weighted by molar-refractivity contribution is 6.25. The van der Waals surface area contributed by atoms with Gasteiger partial charge in [-0.05, 0) is 238 Å². The molecule has 0 amide bonds. The van der Waals surface area contributed by atoms with Gasteiger partial charge in [0.1, 0.15) is 11.6 Å². The summed E-state index contributed by atoms with van der Waals surface area (Å²) in [6.07, 6.45) is 1.64. The molecule has 0 saturated heterocycles. The second kappa shape index (κ2) is 26.7. The lowest BCUT2D eigenvalue weighted by Gasteiger charge is -2.20. The van der Waals surface area contributed by atoms with E-state index in [-0.39, 0.29) is 0 Å². The predicted molar refractivity (Wildman–Crippen MR) is 456 cm³/mol. The van der Waals surface area contributed by atoms with Crippen LogP contribution >= 0.6 is 0 Å². The largest absolute Gasteiger partial charge is 0.296 e. The molecule has 0 spiro atoms. The summed E-state index contributed by atoms with van der Waals surface area (Å²) in [5.41, 5.74) is 30.0. The fourth-order valence-corrected chi connectivity index (χ4v) is 17.0. The lowest BCUT2D eigenvalue weighted by molar-refractivity contribution is 0.908. The molecule has 0 aliphatic carbocycles. The van der Waals surface area contributed by atoms with E-state index in [2.05, 4.69) is 399 Å². The summed E-state index contributed by atoms with van der Waals surface area (Å²) in [5, 5.41) is 12.1. The molecule has 0 bridgehead atoms. The number of nitrogens with zero attached hydrogens (tertiary/aromatic N) is 4. The quantitative estimate of drug-likeness (QED) is 0.102. The molecule has 18 aromatic carbocycles. The van der Waals surface area contributed by atoms with Crippen molar-refractivity contribution in [2.24, 2.45) is 0 Å². The molecule has 2 aromatic heterocycles. The summed E-state index contributed by atoms with van der Waals surface area (Å²) in [5.74, 6) is 2.09. The van der Waals surface area contributed by atoms with E-state index in [4.69, 9.17) is 9.97 Å². The zero-order valence-corrected chi connectivity index (χ0v) is 60.0. The van der Waals surface area contributed by atoms with Crippen molar-refractivity contribution in [1.29, 1.82) is 0 Å². The lowest BCUT2D eigenvalue weighted by Crippen LogP contribution is -2.00. The van der Waals surface area contributed by atoms with Gasteiger partial charge < -0.3 is 0 Å². The van der Waals surface area contributed by atoms with Crippen LogP contribution in [0.25, 0.3) is 199 Å². The standard InChI is InChI=1S/C104H72N4/c1-3-99-105-95-33-15-17-35-97(95)107(99)83-56-49-76(50-57-83)102-87-30-13-14-31-88(87)104(86-32-20-26-74-25-11-12-29-85(74)86)91-62-54-81(65-94(91)102)73-43-41-71(42-44-73)78-27-19-28-79(63-78)82-55-61-90-93(66-82)103(77-51-58-84(59-52-77)108-98-36-18-16-34-96(98)106-100(108)4-2)92-64-80(72-39-37-69(38-40-72)67-21-7-5-8-22-67)53-60-89(92)101(90)75-47-45-70(46-48-75)68-23-9-6-10-24-68/h5-66H,3-4H2,1-2H3. The molecule has 4 nitrogen and oxygen atoms in total. The molecule has 0 fully saturated rings. The Balaban J connectivity index is 0.721. The molecule has 0 saturated carbocycles. The Labute approximate surface area is 628 Å². The maximum Gasteiger partial charge on any atom is 0.114 e. The minimum atomic E-state index is 0.812. The molecular weight excluding hydrogens is 1310 g/mol. The fraction of sp³-hybridized carbons (Fsp3) is 0.0385. The van der Waals surface area contributed by atoms with Crippen LogP contribution in [-0.4, -0.2) is 19.1 Å². The molecular formula is C104H72N4. The van der Waals surface area contributed by atoms with Crippen molar-refractivity contribution in [3.8, 4) is 123 Å². The third-order valence-electron chi connectivity index (χ3n) is 22.3. The number of hydrogen-bond acceptors (Lipinski definition) is 2. The lowest BCUT2D eigenvalue weighted by atomic mass is 9.83. The van der Waals surface area contributed by atoms with Crippen molar-refractivity contribution >= 4 is 75.9 Å². The van der Waals surface area contributed by atoms with Crippen LogP contribution in [0.2, 0.25) is 0 Å². The van der Waals surface area contributed by atoms with Gasteiger partial charge in [-0.1, -0.05) is 317 Å². The zero-order valence-electron chi connectivity index (χ0n) is 60.0. The molecule has 508 valence electrons. The third kappa shape index (κ3) is 11.1. The van der Waals surface area contributed by atoms with Gasteiger partial charge >= 0.3 is 0 Å². The molecule has 108 heavy (non-hydrogen) atoms. The van der Waals surface area contributed by atoms with Gasteiger partial charge in [-0.3, -0.25) is 9.13 Å². The number of fused-ring (bicyclic) bond motifs is 7. The van der Waals surface area contributed by atoms with Crippen LogP contribution in [0.15, 0.2) is 376 Å². The average molecular weight is 1380 g/mol. The minimum Gasteiger partial charge on any atom is -0.296 e. The molecule has 0 aliphatic rings. The number of para-hydroxylation sites is 4. The number of aromatic nitrogens is 4. The van der Waals surface area contributed by atoms with Gasteiger partial charge in [-0.15, -0.1) is 0 Å². The molecule has 20 aromatic rings. The van der Waals surface area contributed by atoms with E-state index >= 15 is 0 Å². The van der Waals surface area contributed by atoms with Gasteiger partial charge in [0.15, 0.2) is 0 Å². The topological polar surface area (TPSA) is 35.6 Å². The van der Waals surface area contributed by atoms with Crippen LogP contribution in [0, 0.1) is 0 Å². The van der Waals surface area contributed by atoms with Crippen LogP contribution in [0.1, 0.15) is 25.5 Å². The number of imidazole rings is 2. The first-order valence-corrected chi connectivity index (χ1v) is 37.6. The van der Waals surface area contributed by atoms with Gasteiger partial charge in [-0.2, -0.15) is 0 Å². The Hall–Kier alpha value is -13.8. The average Bonchev–Trinajstić information content (AvgIpc) is 0.913. The molecule has 20 rings (SSSR count). The SMILES string of the molecule is CCc1nc2ccccc2n1-c1ccc(-c2c3cc(-c4ccc(-c5ccccc5)cc4)ccc3c(-c3ccc(-c4ccccc4)cc3)c3ccc(-c4cccc(-c5ccc(-c6ccc7c(-c8cccc9ccccc89)c8ccccc8c(-c8ccc(-n9c(CC)nc%10ccccc%109)cc8)c7c6)cc5)c4)cc23)cc1. The van der Waals surface area contributed by atoms with Gasteiger partial charge in [0.05, 0.1) is 22.1 Å². The van der Waals surface area contributed by atoms with Crippen molar-refractivity contribution < 1.29 is 0 Å². The molecule has 0 unspecified atom stereocenters. The van der Waals surface area contributed by atoms with Crippen LogP contribution in [0.4, 0.5) is 0 Å². The molecule has 4 heteroatoms. The molecule has 0 radical (unpaired) electrons. The van der Waals surface area contributed by atoms with E-state index in [0.717, 1.165) is 102 Å². The normalized spacial score (nSPS) is 11.7. The first-order chi connectivity index (χ1) is 53.4. The molecule has 0 N–H and O–H groups in total. The highest BCUT2D eigenvalue weighted by Crippen LogP contribution is 2.50. The van der Waals surface area contributed by atoms with Crippen molar-refractivity contribution in [2.75, 3.05) is 0 Å². The second-order valence-electron chi connectivity index (χ2n) is 28.4. The van der Waals surface area contributed by atoms with E-state index in [1.54, 1.807) is 0 Å². The molecule has 0 aliphatic heterocycles. The van der Waals surface area contributed by atoms with Gasteiger partial charge in [0, 0.05) is 24.2 Å². The number of benzene rings is 18. The highest BCUT2D eigenvalue weighted by atomic mass is 15.1. The number of aryl methyl sites for hydroxylation is 2. The van der Waals surface area contributed by atoms with Crippen molar-refractivity contribution in [3.05, 3.63) is 388 Å². The predicted octanol–water partition coefficient (Wildman–Crippen LogP) is 27.9. The monoisotopic (exact) mass is 1380 g/mol. The summed E-state index contributed by atoms with van der Waals surface area (Å²) >= 11 is 0. The van der Waals surface area contributed by atoms with Crippen LogP contribution < -0.4 is 0 Å². The van der Waals surface area contributed by atoms with E-state index in [1.165, 1.54) is 121 Å². The minimum absolute atomic E-state index is 0.812. The van der Waals surface area contributed by atoms with E-state index in [1.807, 2.05) is 0 Å². The summed E-state index contributed by atoms with van der Waals surface area (Å²) in [4.78, 5) is 10.1. The highest BCUT2D eigenvalue weighted by Gasteiger charge is 2.24. The summed E-state index contributed by atoms with van der Waals surface area (Å²) in [7, 11) is 0. The van der Waals surface area contributed by atoms with E-state index in [0.29, 0.717) is 0 Å². The fourth-order valence-electron chi connectivity index (χ4n) is 17.0. The molecule has 2 heterocycles. The Morgan fingerprint density at radius 1 is 0.204 bits per heavy atom. The first kappa shape index (κ1) is 63.9. The first-order valence-electron chi connectivity index (χ1n) is 37.6. The maximum absolute atomic E-state index is 5.09. The Morgan fingerprint density at radius 3 is 0.963 bits per heavy atom. The Morgan fingerprint density at radius 2 is 0.491 bits per heavy atom. The number of hydrogen-bond donors (Lipinski definition) is 0. The maximum atomic E-state index is 5.09. The summed E-state index contributed by atoms with van der Waals surface area (Å²) in [6.45, 7) is 4.38. The summed E-state index contributed by atoms with van der Waals surface area (Å²) < 4.78 is 4.64. The van der Waals surface area contributed by atoms with Gasteiger partial charge in [0.2, 0.25) is 0 Å². The summed E-state index contributed by atoms with van der Waals surface area (Å²) in [6, 6.07) is 139.